The molecule has 1 aliphatic rings. The van der Waals surface area contributed by atoms with E-state index in [1.165, 1.54) is 37.9 Å². The molecule has 0 aliphatic carbocycles. The largest absolute Gasteiger partial charge is 0.508 e. The quantitative estimate of drug-likeness (QED) is 0.844. The topological polar surface area (TPSA) is 23.5 Å². The van der Waals surface area contributed by atoms with Gasteiger partial charge in [0.1, 0.15) is 5.75 Å². The Morgan fingerprint density at radius 2 is 2.12 bits per heavy atom. The van der Waals surface area contributed by atoms with Crippen molar-refractivity contribution in [2.24, 2.45) is 5.92 Å². The Morgan fingerprint density at radius 3 is 2.88 bits per heavy atom. The molecule has 94 valence electrons. The molecule has 0 bridgehead atoms. The second kappa shape index (κ2) is 5.54. The van der Waals surface area contributed by atoms with E-state index in [4.69, 9.17) is 0 Å². The third kappa shape index (κ3) is 3.22. The van der Waals surface area contributed by atoms with Crippen molar-refractivity contribution in [2.75, 3.05) is 13.1 Å². The molecule has 1 aliphatic heterocycles. The Kier molecular flexibility index (Phi) is 4.06. The van der Waals surface area contributed by atoms with Crippen molar-refractivity contribution in [1.82, 2.24) is 4.90 Å². The molecule has 0 saturated carbocycles. The number of aromatic hydroxyl groups is 1. The van der Waals surface area contributed by atoms with E-state index in [0.717, 1.165) is 5.92 Å². The van der Waals surface area contributed by atoms with E-state index in [-0.39, 0.29) is 0 Å². The molecular formula is C15H23NO. The first-order chi connectivity index (χ1) is 8.16. The number of hydrogen-bond donors (Lipinski definition) is 1. The van der Waals surface area contributed by atoms with Crippen LogP contribution in [-0.2, 0) is 0 Å². The van der Waals surface area contributed by atoms with Crippen molar-refractivity contribution >= 4 is 0 Å². The lowest BCUT2D eigenvalue weighted by atomic mass is 10.0. The van der Waals surface area contributed by atoms with Gasteiger partial charge in [-0.05, 0) is 62.9 Å². The van der Waals surface area contributed by atoms with Crippen LogP contribution in [0.5, 0.6) is 5.75 Å². The van der Waals surface area contributed by atoms with E-state index in [9.17, 15) is 5.11 Å². The molecule has 1 N–H and O–H groups in total. The fourth-order valence-electron chi connectivity index (χ4n) is 2.67. The highest BCUT2D eigenvalue weighted by Crippen LogP contribution is 2.27. The van der Waals surface area contributed by atoms with Crippen LogP contribution in [-0.4, -0.2) is 23.1 Å². The van der Waals surface area contributed by atoms with E-state index in [0.29, 0.717) is 11.8 Å². The van der Waals surface area contributed by atoms with Gasteiger partial charge in [0.05, 0.1) is 0 Å². The molecule has 2 heteroatoms. The predicted octanol–water partition coefficient (Wildman–Crippen LogP) is 3.58. The SMILES string of the molecule is CC1CCCN(C(C)c2cccc(O)c2)CC1. The van der Waals surface area contributed by atoms with E-state index in [2.05, 4.69) is 24.8 Å². The minimum Gasteiger partial charge on any atom is -0.508 e. The first kappa shape index (κ1) is 12.4. The molecule has 2 unspecified atom stereocenters. The van der Waals surface area contributed by atoms with Crippen LogP contribution in [0.15, 0.2) is 24.3 Å². The number of phenols is 1. The van der Waals surface area contributed by atoms with Crippen LogP contribution in [0.25, 0.3) is 0 Å². The van der Waals surface area contributed by atoms with Gasteiger partial charge in [-0.3, -0.25) is 4.90 Å². The van der Waals surface area contributed by atoms with Crippen LogP contribution in [0, 0.1) is 5.92 Å². The summed E-state index contributed by atoms with van der Waals surface area (Å²) in [7, 11) is 0. The van der Waals surface area contributed by atoms with Crippen LogP contribution < -0.4 is 0 Å². The lowest BCUT2D eigenvalue weighted by Crippen LogP contribution is -2.28. The van der Waals surface area contributed by atoms with Gasteiger partial charge in [0.2, 0.25) is 0 Å². The number of rotatable bonds is 2. The predicted molar refractivity (Wildman–Crippen MR) is 71.1 cm³/mol. The average Bonchev–Trinajstić information content (AvgIpc) is 2.53. The molecule has 1 saturated heterocycles. The molecule has 0 radical (unpaired) electrons. The number of nitrogens with zero attached hydrogens (tertiary/aromatic N) is 1. The van der Waals surface area contributed by atoms with Crippen molar-refractivity contribution < 1.29 is 5.11 Å². The zero-order valence-corrected chi connectivity index (χ0v) is 10.9. The summed E-state index contributed by atoms with van der Waals surface area (Å²) in [6.07, 6.45) is 3.94. The number of hydrogen-bond acceptors (Lipinski definition) is 2. The van der Waals surface area contributed by atoms with Crippen LogP contribution in [0.1, 0.15) is 44.7 Å². The summed E-state index contributed by atoms with van der Waals surface area (Å²) >= 11 is 0. The molecule has 0 amide bonds. The summed E-state index contributed by atoms with van der Waals surface area (Å²) in [5, 5.41) is 9.54. The van der Waals surface area contributed by atoms with Gasteiger partial charge in [0.25, 0.3) is 0 Å². The minimum absolute atomic E-state index is 0.373. The van der Waals surface area contributed by atoms with Crippen molar-refractivity contribution in [3.05, 3.63) is 29.8 Å². The Labute approximate surface area is 104 Å². The highest BCUT2D eigenvalue weighted by Gasteiger charge is 2.19. The van der Waals surface area contributed by atoms with E-state index < -0.39 is 0 Å². The van der Waals surface area contributed by atoms with Gasteiger partial charge in [-0.25, -0.2) is 0 Å². The fraction of sp³-hybridized carbons (Fsp3) is 0.600. The van der Waals surface area contributed by atoms with E-state index in [1.54, 1.807) is 6.07 Å². The summed E-state index contributed by atoms with van der Waals surface area (Å²) in [6, 6.07) is 8.08. The zero-order valence-electron chi connectivity index (χ0n) is 10.9. The Bertz CT molecular complexity index is 364. The summed E-state index contributed by atoms with van der Waals surface area (Å²) < 4.78 is 0. The molecule has 1 fully saturated rings. The average molecular weight is 233 g/mol. The first-order valence-electron chi connectivity index (χ1n) is 6.70. The summed E-state index contributed by atoms with van der Waals surface area (Å²) in [5.74, 6) is 1.23. The number of phenolic OH excluding ortho intramolecular Hbond substituents is 1. The van der Waals surface area contributed by atoms with Gasteiger partial charge in [-0.2, -0.15) is 0 Å². The smallest absolute Gasteiger partial charge is 0.115 e. The van der Waals surface area contributed by atoms with Gasteiger partial charge in [-0.15, -0.1) is 0 Å². The van der Waals surface area contributed by atoms with E-state index >= 15 is 0 Å². The molecule has 2 nitrogen and oxygen atoms in total. The molecule has 2 rings (SSSR count). The standard InChI is InChI=1S/C15H23NO/c1-12-5-4-9-16(10-8-12)13(2)14-6-3-7-15(17)11-14/h3,6-7,11-13,17H,4-5,8-10H2,1-2H3. The lowest BCUT2D eigenvalue weighted by molar-refractivity contribution is 0.216. The van der Waals surface area contributed by atoms with Crippen molar-refractivity contribution in [2.45, 2.75) is 39.2 Å². The highest BCUT2D eigenvalue weighted by molar-refractivity contribution is 5.29. The minimum atomic E-state index is 0.373. The van der Waals surface area contributed by atoms with Crippen molar-refractivity contribution in [3.63, 3.8) is 0 Å². The van der Waals surface area contributed by atoms with Gasteiger partial charge in [0, 0.05) is 6.04 Å². The van der Waals surface area contributed by atoms with Crippen LogP contribution in [0.2, 0.25) is 0 Å². The first-order valence-corrected chi connectivity index (χ1v) is 6.70. The van der Waals surface area contributed by atoms with Crippen molar-refractivity contribution in [1.29, 1.82) is 0 Å². The normalized spacial score (nSPS) is 24.2. The van der Waals surface area contributed by atoms with Gasteiger partial charge in [-0.1, -0.05) is 19.1 Å². The third-order valence-corrected chi connectivity index (χ3v) is 3.95. The van der Waals surface area contributed by atoms with Crippen LogP contribution in [0.4, 0.5) is 0 Å². The summed E-state index contributed by atoms with van der Waals surface area (Å²) in [6.45, 7) is 6.95. The number of likely N-dealkylation sites (tertiary alicyclic amines) is 1. The molecular weight excluding hydrogens is 210 g/mol. The highest BCUT2D eigenvalue weighted by atomic mass is 16.3. The van der Waals surface area contributed by atoms with Gasteiger partial charge >= 0.3 is 0 Å². The third-order valence-electron chi connectivity index (χ3n) is 3.95. The van der Waals surface area contributed by atoms with Crippen LogP contribution >= 0.6 is 0 Å². The van der Waals surface area contributed by atoms with Gasteiger partial charge in [0.15, 0.2) is 0 Å². The summed E-state index contributed by atoms with van der Waals surface area (Å²) in [4.78, 5) is 2.54. The zero-order chi connectivity index (χ0) is 12.3. The second-order valence-corrected chi connectivity index (χ2v) is 5.34. The monoisotopic (exact) mass is 233 g/mol. The molecule has 0 spiro atoms. The second-order valence-electron chi connectivity index (χ2n) is 5.34. The maximum absolute atomic E-state index is 9.54. The Balaban J connectivity index is 2.06. The maximum atomic E-state index is 9.54. The Hall–Kier alpha value is -1.02. The molecule has 17 heavy (non-hydrogen) atoms. The number of benzene rings is 1. The fourth-order valence-corrected chi connectivity index (χ4v) is 2.67. The Morgan fingerprint density at radius 1 is 1.29 bits per heavy atom. The molecule has 0 aromatic heterocycles. The molecule has 1 aromatic carbocycles. The molecule has 1 aromatic rings. The molecule has 2 atom stereocenters. The van der Waals surface area contributed by atoms with Crippen molar-refractivity contribution in [3.8, 4) is 5.75 Å². The van der Waals surface area contributed by atoms with Crippen LogP contribution in [0.3, 0.4) is 0 Å². The van der Waals surface area contributed by atoms with Gasteiger partial charge < -0.3 is 5.11 Å². The molecule has 1 heterocycles. The summed E-state index contributed by atoms with van der Waals surface area (Å²) in [5.41, 5.74) is 1.22. The lowest BCUT2D eigenvalue weighted by Gasteiger charge is -2.28. The van der Waals surface area contributed by atoms with E-state index in [1.807, 2.05) is 12.1 Å². The maximum Gasteiger partial charge on any atom is 0.115 e.